The Labute approximate surface area is 161 Å². The normalized spacial score (nSPS) is 11.2. The highest BCUT2D eigenvalue weighted by Gasteiger charge is 2.34. The Morgan fingerprint density at radius 3 is 1.39 bits per heavy atom. The van der Waals surface area contributed by atoms with Crippen LogP contribution in [0.1, 0.15) is 19.3 Å². The van der Waals surface area contributed by atoms with Crippen LogP contribution in [0.5, 0.6) is 0 Å². The van der Waals surface area contributed by atoms with Gasteiger partial charge < -0.3 is 39.6 Å². The van der Waals surface area contributed by atoms with Gasteiger partial charge >= 0.3 is 17.9 Å². The Morgan fingerprint density at radius 2 is 1.11 bits per heavy atom. The molecule has 0 saturated carbocycles. The van der Waals surface area contributed by atoms with E-state index in [1.807, 2.05) is 0 Å². The summed E-state index contributed by atoms with van der Waals surface area (Å²) in [4.78, 5) is 43.8. The van der Waals surface area contributed by atoms with Crippen LogP contribution in [0.3, 0.4) is 0 Å². The van der Waals surface area contributed by atoms with E-state index >= 15 is 0 Å². The van der Waals surface area contributed by atoms with E-state index < -0.39 is 29.4 Å². The van der Waals surface area contributed by atoms with Gasteiger partial charge in [0.25, 0.3) is 0 Å². The summed E-state index contributed by atoms with van der Waals surface area (Å²) in [6.45, 7) is -1.28. The van der Waals surface area contributed by atoms with Crippen LogP contribution in [0, 0.1) is 0 Å². The first-order valence-corrected chi connectivity index (χ1v) is 8.39. The number of carboxylic acids is 3. The first-order valence-electron chi connectivity index (χ1n) is 8.39. The number of aliphatic carboxylic acids is 3. The maximum atomic E-state index is 12.0. The Kier molecular flexibility index (Phi) is 13.5. The molecular weight excluding hydrogens is 382 g/mol. The van der Waals surface area contributed by atoms with Crippen molar-refractivity contribution in [3.05, 3.63) is 0 Å². The zero-order valence-corrected chi connectivity index (χ0v) is 15.7. The van der Waals surface area contributed by atoms with E-state index in [1.165, 1.54) is 7.11 Å². The maximum absolute atomic E-state index is 12.0. The summed E-state index contributed by atoms with van der Waals surface area (Å²) in [6, 6.07) is 0. The SMILES string of the molecule is COCC(=O)NC(COCCC(=O)O)(COCCC(=O)O)COCCC(=O)O. The predicted molar refractivity (Wildman–Crippen MR) is 92.0 cm³/mol. The lowest BCUT2D eigenvalue weighted by molar-refractivity contribution is -0.140. The van der Waals surface area contributed by atoms with E-state index in [0.29, 0.717) is 0 Å². The van der Waals surface area contributed by atoms with Crippen molar-refractivity contribution in [2.24, 2.45) is 0 Å². The van der Waals surface area contributed by atoms with Crippen molar-refractivity contribution in [1.82, 2.24) is 5.32 Å². The fraction of sp³-hybridized carbons (Fsp3) is 0.750. The van der Waals surface area contributed by atoms with Crippen molar-refractivity contribution < 1.29 is 53.4 Å². The summed E-state index contributed by atoms with van der Waals surface area (Å²) in [5.41, 5.74) is -1.29. The van der Waals surface area contributed by atoms with E-state index in [2.05, 4.69) is 5.32 Å². The fourth-order valence-corrected chi connectivity index (χ4v) is 1.98. The molecular formula is C16H27NO11. The van der Waals surface area contributed by atoms with Crippen LogP contribution in [-0.2, 0) is 38.1 Å². The first kappa shape index (κ1) is 25.7. The molecule has 0 atom stereocenters. The minimum absolute atomic E-state index is 0.137. The molecule has 0 spiro atoms. The fourth-order valence-electron chi connectivity index (χ4n) is 1.98. The molecule has 0 unspecified atom stereocenters. The number of hydrogen-bond acceptors (Lipinski definition) is 8. The van der Waals surface area contributed by atoms with Gasteiger partial charge in [0.05, 0.1) is 58.9 Å². The number of hydrogen-bond donors (Lipinski definition) is 4. The number of nitrogens with one attached hydrogen (secondary N) is 1. The minimum Gasteiger partial charge on any atom is -0.481 e. The topological polar surface area (TPSA) is 178 Å². The largest absolute Gasteiger partial charge is 0.481 e. The van der Waals surface area contributed by atoms with Gasteiger partial charge in [-0.3, -0.25) is 19.2 Å². The lowest BCUT2D eigenvalue weighted by Crippen LogP contribution is -2.59. The lowest BCUT2D eigenvalue weighted by atomic mass is 10.0. The third kappa shape index (κ3) is 13.9. The number of methoxy groups -OCH3 is 1. The number of carbonyl (C=O) groups excluding carboxylic acids is 1. The second-order valence-corrected chi connectivity index (χ2v) is 5.85. The molecule has 0 heterocycles. The third-order valence-electron chi connectivity index (χ3n) is 3.20. The van der Waals surface area contributed by atoms with Crippen molar-refractivity contribution in [2.45, 2.75) is 24.8 Å². The van der Waals surface area contributed by atoms with Gasteiger partial charge in [-0.2, -0.15) is 0 Å². The van der Waals surface area contributed by atoms with E-state index in [4.69, 9.17) is 34.3 Å². The summed E-state index contributed by atoms with van der Waals surface area (Å²) in [5.74, 6) is -3.73. The number of carbonyl (C=O) groups is 4. The first-order chi connectivity index (χ1) is 13.2. The maximum Gasteiger partial charge on any atom is 0.305 e. The molecule has 0 aromatic heterocycles. The summed E-state index contributed by atoms with van der Waals surface area (Å²) < 4.78 is 20.7. The van der Waals surface area contributed by atoms with Crippen LogP contribution < -0.4 is 5.32 Å². The average molecular weight is 409 g/mol. The highest BCUT2D eigenvalue weighted by molar-refractivity contribution is 5.78. The predicted octanol–water partition coefficient (Wildman–Crippen LogP) is -1.04. The second kappa shape index (κ2) is 14.7. The minimum atomic E-state index is -1.29. The number of ether oxygens (including phenoxy) is 4. The van der Waals surface area contributed by atoms with Gasteiger partial charge in [0, 0.05) is 7.11 Å². The molecule has 0 radical (unpaired) electrons. The molecule has 0 aromatic rings. The van der Waals surface area contributed by atoms with Gasteiger partial charge in [0.15, 0.2) is 0 Å². The summed E-state index contributed by atoms with van der Waals surface area (Å²) in [6.07, 6.45) is -0.786. The molecule has 0 aliphatic carbocycles. The molecule has 0 rings (SSSR count). The van der Waals surface area contributed by atoms with Crippen LogP contribution in [0.25, 0.3) is 0 Å². The summed E-state index contributed by atoms with van der Waals surface area (Å²) in [7, 11) is 1.32. The molecule has 1 amide bonds. The van der Waals surface area contributed by atoms with Crippen LogP contribution >= 0.6 is 0 Å². The number of carboxylic acid groups (broad SMARTS) is 3. The van der Waals surface area contributed by atoms with E-state index in [9.17, 15) is 19.2 Å². The summed E-state index contributed by atoms with van der Waals surface area (Å²) >= 11 is 0. The summed E-state index contributed by atoms with van der Waals surface area (Å²) in [5, 5.41) is 28.7. The van der Waals surface area contributed by atoms with Crippen LogP contribution in [0.15, 0.2) is 0 Å². The molecule has 4 N–H and O–H groups in total. The Balaban J connectivity index is 5.04. The van der Waals surface area contributed by atoms with Crippen LogP contribution in [0.2, 0.25) is 0 Å². The molecule has 0 aromatic carbocycles. The number of rotatable bonds is 18. The Bertz CT molecular complexity index is 454. The lowest BCUT2D eigenvalue weighted by Gasteiger charge is -2.34. The Hall–Kier alpha value is -2.28. The zero-order valence-electron chi connectivity index (χ0n) is 15.7. The van der Waals surface area contributed by atoms with E-state index in [0.717, 1.165) is 0 Å². The van der Waals surface area contributed by atoms with E-state index in [1.54, 1.807) is 0 Å². The molecule has 12 nitrogen and oxygen atoms in total. The van der Waals surface area contributed by atoms with Gasteiger partial charge in [-0.15, -0.1) is 0 Å². The van der Waals surface area contributed by atoms with Gasteiger partial charge in [-0.25, -0.2) is 0 Å². The van der Waals surface area contributed by atoms with E-state index in [-0.39, 0.29) is 65.5 Å². The quantitative estimate of drug-likeness (QED) is 0.203. The van der Waals surface area contributed by atoms with Crippen molar-refractivity contribution in [3.8, 4) is 0 Å². The second-order valence-electron chi connectivity index (χ2n) is 5.85. The highest BCUT2D eigenvalue weighted by atomic mass is 16.5. The van der Waals surface area contributed by atoms with Gasteiger partial charge in [0.1, 0.15) is 12.1 Å². The smallest absolute Gasteiger partial charge is 0.305 e. The highest BCUT2D eigenvalue weighted by Crippen LogP contribution is 2.10. The zero-order chi connectivity index (χ0) is 21.4. The molecule has 0 aliphatic heterocycles. The average Bonchev–Trinajstić information content (AvgIpc) is 2.59. The van der Waals surface area contributed by atoms with Crippen LogP contribution in [0.4, 0.5) is 0 Å². The monoisotopic (exact) mass is 409 g/mol. The van der Waals surface area contributed by atoms with Gasteiger partial charge in [-0.1, -0.05) is 0 Å². The van der Waals surface area contributed by atoms with Crippen molar-refractivity contribution in [2.75, 3.05) is 53.4 Å². The standard InChI is InChI=1S/C16H27NO11/c1-25-8-12(18)17-16(9-26-5-2-13(19)20,10-27-6-3-14(21)22)11-28-7-4-15(23)24/h2-11H2,1H3,(H,17,18)(H,19,20)(H,21,22)(H,23,24). The number of amides is 1. The molecule has 12 heteroatoms. The molecule has 0 saturated heterocycles. The van der Waals surface area contributed by atoms with Crippen molar-refractivity contribution in [1.29, 1.82) is 0 Å². The van der Waals surface area contributed by atoms with Crippen molar-refractivity contribution >= 4 is 23.8 Å². The third-order valence-corrected chi connectivity index (χ3v) is 3.20. The molecule has 28 heavy (non-hydrogen) atoms. The van der Waals surface area contributed by atoms with Crippen LogP contribution in [-0.4, -0.2) is 98.0 Å². The molecule has 162 valence electrons. The molecule has 0 aliphatic rings. The molecule has 0 fully saturated rings. The Morgan fingerprint density at radius 1 is 0.750 bits per heavy atom. The van der Waals surface area contributed by atoms with Gasteiger partial charge in [-0.05, 0) is 0 Å². The molecule has 0 bridgehead atoms. The van der Waals surface area contributed by atoms with Crippen molar-refractivity contribution in [3.63, 3.8) is 0 Å². The van der Waals surface area contributed by atoms with Gasteiger partial charge in [0.2, 0.25) is 5.91 Å².